The molecule has 1 aromatic heterocycles. The molecule has 0 aliphatic carbocycles. The van der Waals surface area contributed by atoms with Gasteiger partial charge in [-0.2, -0.15) is 0 Å². The Morgan fingerprint density at radius 3 is 2.69 bits per heavy atom. The number of hydrogen-bond acceptors (Lipinski definition) is 2. The molecule has 0 saturated carbocycles. The highest BCUT2D eigenvalue weighted by molar-refractivity contribution is 5.15. The van der Waals surface area contributed by atoms with Crippen molar-refractivity contribution >= 4 is 0 Å². The normalized spacial score (nSPS) is 12.6. The largest absolute Gasteiger partial charge is 0.385 e. The quantitative estimate of drug-likeness (QED) is 0.849. The summed E-state index contributed by atoms with van der Waals surface area (Å²) in [6.45, 7) is 0. The lowest BCUT2D eigenvalue weighted by Crippen LogP contribution is -2.06. The van der Waals surface area contributed by atoms with Gasteiger partial charge in [0.15, 0.2) is 0 Å². The van der Waals surface area contributed by atoms with Crippen LogP contribution in [0.4, 0.5) is 0 Å². The second-order valence-electron chi connectivity index (χ2n) is 3.94. The second-order valence-corrected chi connectivity index (χ2v) is 3.94. The smallest absolute Gasteiger partial charge is 0.137 e. The molecule has 1 atom stereocenters. The van der Waals surface area contributed by atoms with Crippen molar-refractivity contribution in [2.24, 2.45) is 7.05 Å². The Bertz CT molecular complexity index is 436. The lowest BCUT2D eigenvalue weighted by molar-refractivity contribution is 0.154. The fourth-order valence-corrected chi connectivity index (χ4v) is 1.78. The third-order valence-electron chi connectivity index (χ3n) is 2.71. The molecule has 2 aromatic rings. The van der Waals surface area contributed by atoms with Crippen LogP contribution in [-0.4, -0.2) is 14.7 Å². The molecule has 3 nitrogen and oxygen atoms in total. The van der Waals surface area contributed by atoms with E-state index in [-0.39, 0.29) is 0 Å². The highest BCUT2D eigenvalue weighted by atomic mass is 16.3. The summed E-state index contributed by atoms with van der Waals surface area (Å²) in [4.78, 5) is 4.14. The van der Waals surface area contributed by atoms with E-state index in [0.717, 1.165) is 12.2 Å². The van der Waals surface area contributed by atoms with E-state index >= 15 is 0 Å². The fourth-order valence-electron chi connectivity index (χ4n) is 1.78. The number of rotatable bonds is 4. The van der Waals surface area contributed by atoms with Crippen molar-refractivity contribution in [2.75, 3.05) is 0 Å². The van der Waals surface area contributed by atoms with Crippen LogP contribution in [0.3, 0.4) is 0 Å². The molecule has 3 heteroatoms. The van der Waals surface area contributed by atoms with Crippen LogP contribution in [0.2, 0.25) is 0 Å². The summed E-state index contributed by atoms with van der Waals surface area (Å²) in [5, 5.41) is 9.97. The minimum Gasteiger partial charge on any atom is -0.385 e. The molecule has 0 amide bonds. The number of aliphatic hydroxyl groups is 1. The summed E-state index contributed by atoms with van der Waals surface area (Å²) in [5.74, 6) is 0.732. The van der Waals surface area contributed by atoms with Gasteiger partial charge >= 0.3 is 0 Å². The van der Waals surface area contributed by atoms with Crippen molar-refractivity contribution in [2.45, 2.75) is 18.9 Å². The van der Waals surface area contributed by atoms with E-state index in [1.54, 1.807) is 6.20 Å². The Hall–Kier alpha value is -1.61. The van der Waals surface area contributed by atoms with Crippen LogP contribution in [0, 0.1) is 0 Å². The zero-order valence-corrected chi connectivity index (χ0v) is 9.37. The van der Waals surface area contributed by atoms with Gasteiger partial charge in [0.2, 0.25) is 0 Å². The topological polar surface area (TPSA) is 38.0 Å². The summed E-state index contributed by atoms with van der Waals surface area (Å²) in [7, 11) is 1.90. The van der Waals surface area contributed by atoms with Crippen molar-refractivity contribution in [1.29, 1.82) is 0 Å². The third-order valence-corrected chi connectivity index (χ3v) is 2.71. The Morgan fingerprint density at radius 2 is 2.06 bits per heavy atom. The van der Waals surface area contributed by atoms with E-state index in [1.807, 2.05) is 36.0 Å². The van der Waals surface area contributed by atoms with Gasteiger partial charge in [-0.05, 0) is 18.4 Å². The first kappa shape index (κ1) is 10.9. The lowest BCUT2D eigenvalue weighted by atomic mass is 10.1. The van der Waals surface area contributed by atoms with Crippen LogP contribution in [0.5, 0.6) is 0 Å². The predicted octanol–water partition coefficient (Wildman–Crippen LogP) is 2.09. The second kappa shape index (κ2) is 4.94. The molecular formula is C13H16N2O. The van der Waals surface area contributed by atoms with Crippen molar-refractivity contribution in [1.82, 2.24) is 9.55 Å². The van der Waals surface area contributed by atoms with Crippen molar-refractivity contribution in [3.8, 4) is 0 Å². The molecule has 0 aliphatic rings. The molecule has 0 unspecified atom stereocenters. The molecule has 1 aromatic carbocycles. The molecule has 0 spiro atoms. The molecule has 0 bridgehead atoms. The van der Waals surface area contributed by atoms with E-state index in [9.17, 15) is 5.11 Å². The van der Waals surface area contributed by atoms with Gasteiger partial charge in [0, 0.05) is 19.4 Å². The molecule has 2 rings (SSSR count). The molecule has 0 saturated heterocycles. The first-order valence-corrected chi connectivity index (χ1v) is 5.46. The van der Waals surface area contributed by atoms with E-state index < -0.39 is 6.10 Å². The summed E-state index contributed by atoms with van der Waals surface area (Å²) >= 11 is 0. The van der Waals surface area contributed by atoms with Gasteiger partial charge in [-0.25, -0.2) is 4.98 Å². The van der Waals surface area contributed by atoms with E-state index in [4.69, 9.17) is 0 Å². The maximum atomic E-state index is 9.97. The van der Waals surface area contributed by atoms with Crippen molar-refractivity contribution in [3.63, 3.8) is 0 Å². The van der Waals surface area contributed by atoms with Crippen LogP contribution in [-0.2, 0) is 13.5 Å². The Labute approximate surface area is 95.4 Å². The van der Waals surface area contributed by atoms with Crippen molar-refractivity contribution in [3.05, 3.63) is 54.1 Å². The summed E-state index contributed by atoms with van der Waals surface area (Å²) in [5.41, 5.74) is 1.25. The van der Waals surface area contributed by atoms with Gasteiger partial charge in [0.05, 0.1) is 0 Å². The molecule has 0 fully saturated rings. The van der Waals surface area contributed by atoms with Crippen LogP contribution in [0.25, 0.3) is 0 Å². The van der Waals surface area contributed by atoms with Gasteiger partial charge in [-0.15, -0.1) is 0 Å². The fraction of sp³-hybridized carbons (Fsp3) is 0.308. The zero-order chi connectivity index (χ0) is 11.4. The van der Waals surface area contributed by atoms with Crippen LogP contribution >= 0.6 is 0 Å². The van der Waals surface area contributed by atoms with Gasteiger partial charge in [0.25, 0.3) is 0 Å². The Kier molecular flexibility index (Phi) is 3.37. The third kappa shape index (κ3) is 2.49. The highest BCUT2D eigenvalue weighted by Gasteiger charge is 2.11. The number of benzene rings is 1. The van der Waals surface area contributed by atoms with Gasteiger partial charge in [-0.3, -0.25) is 0 Å². The number of aliphatic hydroxyl groups excluding tert-OH is 1. The summed E-state index contributed by atoms with van der Waals surface area (Å²) in [6.07, 6.45) is 4.64. The minimum absolute atomic E-state index is 0.486. The van der Waals surface area contributed by atoms with Crippen LogP contribution in [0.15, 0.2) is 42.7 Å². The van der Waals surface area contributed by atoms with Gasteiger partial charge in [-0.1, -0.05) is 30.3 Å². The van der Waals surface area contributed by atoms with E-state index in [0.29, 0.717) is 6.42 Å². The van der Waals surface area contributed by atoms with E-state index in [1.165, 1.54) is 5.56 Å². The molecule has 84 valence electrons. The van der Waals surface area contributed by atoms with Gasteiger partial charge < -0.3 is 9.67 Å². The van der Waals surface area contributed by atoms with Crippen LogP contribution in [0.1, 0.15) is 23.9 Å². The minimum atomic E-state index is -0.486. The first-order valence-electron chi connectivity index (χ1n) is 5.46. The standard InChI is InChI=1S/C13H16N2O/c1-15-10-9-14-13(15)12(16)8-7-11-5-3-2-4-6-11/h2-6,9-10,12,16H,7-8H2,1H3/t12-/m0/s1. The number of nitrogens with zero attached hydrogens (tertiary/aromatic N) is 2. The SMILES string of the molecule is Cn1ccnc1[C@@H](O)CCc1ccccc1. The molecule has 0 aliphatic heterocycles. The summed E-state index contributed by atoms with van der Waals surface area (Å²) in [6, 6.07) is 10.2. The lowest BCUT2D eigenvalue weighted by Gasteiger charge is -2.10. The molecule has 1 N–H and O–H groups in total. The first-order chi connectivity index (χ1) is 7.77. The van der Waals surface area contributed by atoms with Crippen LogP contribution < -0.4 is 0 Å². The Morgan fingerprint density at radius 1 is 1.31 bits per heavy atom. The average Bonchev–Trinajstić information content (AvgIpc) is 2.74. The number of hydrogen-bond donors (Lipinski definition) is 1. The monoisotopic (exact) mass is 216 g/mol. The van der Waals surface area contributed by atoms with Crippen molar-refractivity contribution < 1.29 is 5.11 Å². The number of aromatic nitrogens is 2. The average molecular weight is 216 g/mol. The molecule has 0 radical (unpaired) electrons. The maximum absolute atomic E-state index is 9.97. The van der Waals surface area contributed by atoms with E-state index in [2.05, 4.69) is 17.1 Å². The number of aryl methyl sites for hydroxylation is 2. The van der Waals surface area contributed by atoms with Gasteiger partial charge in [0.1, 0.15) is 11.9 Å². The maximum Gasteiger partial charge on any atom is 0.137 e. The molecule has 16 heavy (non-hydrogen) atoms. The Balaban J connectivity index is 1.94. The number of imidazole rings is 1. The summed E-state index contributed by atoms with van der Waals surface area (Å²) < 4.78 is 1.86. The molecular weight excluding hydrogens is 200 g/mol. The highest BCUT2D eigenvalue weighted by Crippen LogP contribution is 2.16. The zero-order valence-electron chi connectivity index (χ0n) is 9.37. The molecule has 1 heterocycles. The predicted molar refractivity (Wildman–Crippen MR) is 62.9 cm³/mol.